The van der Waals surface area contributed by atoms with Gasteiger partial charge in [0, 0.05) is 10.8 Å². The van der Waals surface area contributed by atoms with E-state index >= 15 is 0 Å². The molecule has 0 spiro atoms. The first-order chi connectivity index (χ1) is 6.86. The van der Waals surface area contributed by atoms with Crippen molar-refractivity contribution in [3.05, 3.63) is 24.5 Å². The fourth-order valence-corrected chi connectivity index (χ4v) is 1.40. The second kappa shape index (κ2) is 3.49. The highest BCUT2D eigenvalue weighted by Gasteiger charge is 2.06. The van der Waals surface area contributed by atoms with Crippen molar-refractivity contribution in [2.75, 3.05) is 14.2 Å². The third-order valence-electron chi connectivity index (χ3n) is 2.09. The van der Waals surface area contributed by atoms with E-state index in [-0.39, 0.29) is 0 Å². The van der Waals surface area contributed by atoms with Crippen LogP contribution in [-0.2, 0) is 0 Å². The largest absolute Gasteiger partial charge is 0.496 e. The zero-order valence-electron chi connectivity index (χ0n) is 8.02. The molecule has 0 aliphatic rings. The lowest BCUT2D eigenvalue weighted by Crippen LogP contribution is -1.91. The molecule has 1 heterocycles. The predicted octanol–water partition coefficient (Wildman–Crippen LogP) is 1.65. The van der Waals surface area contributed by atoms with E-state index in [2.05, 4.69) is 10.2 Å². The number of benzene rings is 1. The quantitative estimate of drug-likeness (QED) is 0.722. The number of methoxy groups -OCH3 is 2. The van der Waals surface area contributed by atoms with Gasteiger partial charge in [-0.2, -0.15) is 10.2 Å². The number of aromatic nitrogens is 2. The molecule has 2 rings (SSSR count). The molecule has 72 valence electrons. The van der Waals surface area contributed by atoms with Crippen LogP contribution in [0.15, 0.2) is 24.5 Å². The first kappa shape index (κ1) is 8.74. The monoisotopic (exact) mass is 190 g/mol. The second-order valence-electron chi connectivity index (χ2n) is 2.79. The summed E-state index contributed by atoms with van der Waals surface area (Å²) in [6.07, 6.45) is 3.33. The number of rotatable bonds is 2. The molecule has 0 bridgehead atoms. The normalized spacial score (nSPS) is 10.1. The van der Waals surface area contributed by atoms with E-state index in [1.807, 2.05) is 12.1 Å². The fraction of sp³-hybridized carbons (Fsp3) is 0.200. The Labute approximate surface area is 81.5 Å². The standard InChI is InChI=1S/C10H10N2O2/c1-13-9-3-4-10(14-2)8-6-12-11-5-7(8)9/h3-6H,1-2H3. The van der Waals surface area contributed by atoms with E-state index < -0.39 is 0 Å². The van der Waals surface area contributed by atoms with Crippen molar-refractivity contribution in [2.24, 2.45) is 0 Å². The average molecular weight is 190 g/mol. The molecule has 0 unspecified atom stereocenters. The molecular formula is C10H10N2O2. The summed E-state index contributed by atoms with van der Waals surface area (Å²) in [6.45, 7) is 0. The van der Waals surface area contributed by atoms with E-state index in [0.29, 0.717) is 0 Å². The second-order valence-corrected chi connectivity index (χ2v) is 2.79. The predicted molar refractivity (Wildman–Crippen MR) is 52.6 cm³/mol. The van der Waals surface area contributed by atoms with Crippen molar-refractivity contribution in [3.8, 4) is 11.5 Å². The maximum Gasteiger partial charge on any atom is 0.128 e. The minimum absolute atomic E-state index is 0.774. The molecule has 0 N–H and O–H groups in total. The third kappa shape index (κ3) is 1.25. The summed E-state index contributed by atoms with van der Waals surface area (Å²) in [5.41, 5.74) is 0. The summed E-state index contributed by atoms with van der Waals surface area (Å²) < 4.78 is 10.4. The molecule has 1 aromatic heterocycles. The van der Waals surface area contributed by atoms with Crippen LogP contribution < -0.4 is 9.47 Å². The molecule has 0 amide bonds. The number of hydrogen-bond acceptors (Lipinski definition) is 4. The summed E-state index contributed by atoms with van der Waals surface area (Å²) in [4.78, 5) is 0. The molecule has 0 saturated heterocycles. The molecule has 4 heteroatoms. The summed E-state index contributed by atoms with van der Waals surface area (Å²) in [5.74, 6) is 1.55. The lowest BCUT2D eigenvalue weighted by Gasteiger charge is -2.07. The summed E-state index contributed by atoms with van der Waals surface area (Å²) in [6, 6.07) is 3.70. The Morgan fingerprint density at radius 1 is 0.857 bits per heavy atom. The van der Waals surface area contributed by atoms with Gasteiger partial charge in [0.2, 0.25) is 0 Å². The van der Waals surface area contributed by atoms with Gasteiger partial charge in [0.15, 0.2) is 0 Å². The Bertz CT molecular complexity index is 414. The van der Waals surface area contributed by atoms with Crippen LogP contribution in [0.5, 0.6) is 11.5 Å². The van der Waals surface area contributed by atoms with Crippen molar-refractivity contribution in [1.82, 2.24) is 10.2 Å². The summed E-state index contributed by atoms with van der Waals surface area (Å²) >= 11 is 0. The fourth-order valence-electron chi connectivity index (χ4n) is 1.40. The zero-order valence-corrected chi connectivity index (χ0v) is 8.02. The maximum atomic E-state index is 5.20. The Morgan fingerprint density at radius 2 is 1.29 bits per heavy atom. The van der Waals surface area contributed by atoms with E-state index in [0.717, 1.165) is 22.3 Å². The van der Waals surface area contributed by atoms with Gasteiger partial charge >= 0.3 is 0 Å². The Kier molecular flexibility index (Phi) is 2.18. The van der Waals surface area contributed by atoms with Gasteiger partial charge in [-0.1, -0.05) is 0 Å². The topological polar surface area (TPSA) is 44.2 Å². The molecule has 0 atom stereocenters. The van der Waals surface area contributed by atoms with Crippen LogP contribution in [0.4, 0.5) is 0 Å². The highest BCUT2D eigenvalue weighted by molar-refractivity contribution is 5.91. The van der Waals surface area contributed by atoms with Crippen molar-refractivity contribution in [3.63, 3.8) is 0 Å². The first-order valence-corrected chi connectivity index (χ1v) is 4.18. The molecule has 0 fully saturated rings. The number of nitrogens with zero attached hydrogens (tertiary/aromatic N) is 2. The Morgan fingerprint density at radius 3 is 1.64 bits per heavy atom. The molecule has 4 nitrogen and oxygen atoms in total. The lowest BCUT2D eigenvalue weighted by atomic mass is 10.1. The van der Waals surface area contributed by atoms with Crippen LogP contribution in [0.3, 0.4) is 0 Å². The van der Waals surface area contributed by atoms with E-state index in [9.17, 15) is 0 Å². The van der Waals surface area contributed by atoms with Crippen molar-refractivity contribution < 1.29 is 9.47 Å². The van der Waals surface area contributed by atoms with Gasteiger partial charge < -0.3 is 9.47 Å². The van der Waals surface area contributed by atoms with Gasteiger partial charge in [0.25, 0.3) is 0 Å². The van der Waals surface area contributed by atoms with Gasteiger partial charge in [0.1, 0.15) is 11.5 Å². The van der Waals surface area contributed by atoms with Crippen LogP contribution in [-0.4, -0.2) is 24.4 Å². The summed E-state index contributed by atoms with van der Waals surface area (Å²) in [5, 5.41) is 9.43. The van der Waals surface area contributed by atoms with E-state index in [1.54, 1.807) is 26.6 Å². The lowest BCUT2D eigenvalue weighted by molar-refractivity contribution is 0.410. The molecule has 0 saturated carbocycles. The molecule has 0 aliphatic heterocycles. The van der Waals surface area contributed by atoms with Crippen molar-refractivity contribution in [2.45, 2.75) is 0 Å². The van der Waals surface area contributed by atoms with Crippen LogP contribution >= 0.6 is 0 Å². The molecular weight excluding hydrogens is 180 g/mol. The third-order valence-corrected chi connectivity index (χ3v) is 2.09. The van der Waals surface area contributed by atoms with Gasteiger partial charge in [-0.25, -0.2) is 0 Å². The minimum Gasteiger partial charge on any atom is -0.496 e. The van der Waals surface area contributed by atoms with Crippen molar-refractivity contribution >= 4 is 10.8 Å². The first-order valence-electron chi connectivity index (χ1n) is 4.18. The van der Waals surface area contributed by atoms with Crippen molar-refractivity contribution in [1.29, 1.82) is 0 Å². The highest BCUT2D eigenvalue weighted by Crippen LogP contribution is 2.31. The van der Waals surface area contributed by atoms with Crippen LogP contribution in [0.2, 0.25) is 0 Å². The molecule has 14 heavy (non-hydrogen) atoms. The van der Waals surface area contributed by atoms with Crippen LogP contribution in [0.25, 0.3) is 10.8 Å². The molecule has 1 aromatic carbocycles. The molecule has 0 radical (unpaired) electrons. The molecule has 0 aliphatic carbocycles. The number of hydrogen-bond donors (Lipinski definition) is 0. The van der Waals surface area contributed by atoms with Gasteiger partial charge in [-0.3, -0.25) is 0 Å². The Balaban J connectivity index is 2.78. The maximum absolute atomic E-state index is 5.20. The smallest absolute Gasteiger partial charge is 0.128 e. The Hall–Kier alpha value is -1.84. The summed E-state index contributed by atoms with van der Waals surface area (Å²) in [7, 11) is 3.25. The molecule has 2 aromatic rings. The van der Waals surface area contributed by atoms with Gasteiger partial charge in [0.05, 0.1) is 26.6 Å². The highest BCUT2D eigenvalue weighted by atomic mass is 16.5. The SMILES string of the molecule is COc1ccc(OC)c2cnncc12. The van der Waals surface area contributed by atoms with Crippen LogP contribution in [0, 0.1) is 0 Å². The van der Waals surface area contributed by atoms with Gasteiger partial charge in [-0.15, -0.1) is 0 Å². The minimum atomic E-state index is 0.774. The number of ether oxygens (including phenoxy) is 2. The van der Waals surface area contributed by atoms with Gasteiger partial charge in [-0.05, 0) is 12.1 Å². The van der Waals surface area contributed by atoms with Crippen LogP contribution in [0.1, 0.15) is 0 Å². The zero-order chi connectivity index (χ0) is 9.97. The van der Waals surface area contributed by atoms with E-state index in [4.69, 9.17) is 9.47 Å². The number of fused-ring (bicyclic) bond motifs is 1. The van der Waals surface area contributed by atoms with E-state index in [1.165, 1.54) is 0 Å². The average Bonchev–Trinajstić information content (AvgIpc) is 2.27.